The summed E-state index contributed by atoms with van der Waals surface area (Å²) in [6, 6.07) is 6.15. The minimum Gasteiger partial charge on any atom is -0.481 e. The molecule has 2 aliphatic rings. The smallest absolute Gasteiger partial charge is 0.320 e. The molecule has 1 N–H and O–H groups in total. The summed E-state index contributed by atoms with van der Waals surface area (Å²) in [4.78, 5) is 27.6. The number of rotatable bonds is 4. The van der Waals surface area contributed by atoms with Crippen LogP contribution in [0.25, 0.3) is 0 Å². The molecule has 2 heterocycles. The number of hydrogen-bond acceptors (Lipinski definition) is 3. The van der Waals surface area contributed by atoms with Gasteiger partial charge in [0, 0.05) is 26.2 Å². The zero-order valence-corrected chi connectivity index (χ0v) is 14.8. The van der Waals surface area contributed by atoms with Gasteiger partial charge in [-0.15, -0.1) is 0 Å². The fourth-order valence-electron chi connectivity index (χ4n) is 3.90. The van der Waals surface area contributed by atoms with Gasteiger partial charge in [-0.3, -0.25) is 4.79 Å². The van der Waals surface area contributed by atoms with Crippen LogP contribution in [-0.4, -0.2) is 66.3 Å². The molecule has 2 amide bonds. The van der Waals surface area contributed by atoms with Crippen LogP contribution in [0.1, 0.15) is 30.7 Å². The Labute approximate surface area is 152 Å². The summed E-state index contributed by atoms with van der Waals surface area (Å²) in [7, 11) is 0. The number of aliphatic carboxylic acids is 1. The standard InChI is InChI=1S/C19H25FN2O4/c20-16-3-1-14(2-4-16)17(13-18(23)24)15-5-7-21(8-6-15)19(25)22-9-11-26-12-10-22/h1-4,15,17H,5-13H2,(H,23,24). The van der Waals surface area contributed by atoms with Crippen molar-refractivity contribution in [3.8, 4) is 0 Å². The van der Waals surface area contributed by atoms with E-state index in [-0.39, 0.29) is 30.1 Å². The van der Waals surface area contributed by atoms with E-state index in [2.05, 4.69) is 0 Å². The number of carboxylic acids is 1. The van der Waals surface area contributed by atoms with E-state index in [1.807, 2.05) is 9.80 Å². The van der Waals surface area contributed by atoms with Crippen molar-refractivity contribution in [2.45, 2.75) is 25.2 Å². The predicted octanol–water partition coefficient (Wildman–Crippen LogP) is 2.55. The molecule has 7 heteroatoms. The van der Waals surface area contributed by atoms with E-state index in [0.717, 1.165) is 18.4 Å². The Morgan fingerprint density at radius 1 is 1.08 bits per heavy atom. The predicted molar refractivity (Wildman–Crippen MR) is 93.5 cm³/mol. The van der Waals surface area contributed by atoms with E-state index in [9.17, 15) is 19.1 Å². The lowest BCUT2D eigenvalue weighted by Gasteiger charge is -2.39. The first-order valence-electron chi connectivity index (χ1n) is 9.13. The molecule has 1 aromatic carbocycles. The Hall–Kier alpha value is -2.15. The van der Waals surface area contributed by atoms with Crippen LogP contribution in [0, 0.1) is 11.7 Å². The van der Waals surface area contributed by atoms with Crippen LogP contribution in [0.3, 0.4) is 0 Å². The van der Waals surface area contributed by atoms with Crippen LogP contribution >= 0.6 is 0 Å². The number of carboxylic acid groups (broad SMARTS) is 1. The van der Waals surface area contributed by atoms with Crippen molar-refractivity contribution in [1.29, 1.82) is 0 Å². The van der Waals surface area contributed by atoms with Crippen molar-refractivity contribution < 1.29 is 23.8 Å². The fraction of sp³-hybridized carbons (Fsp3) is 0.579. The van der Waals surface area contributed by atoms with Crippen LogP contribution in [0.15, 0.2) is 24.3 Å². The van der Waals surface area contributed by atoms with Crippen LogP contribution in [0.2, 0.25) is 0 Å². The minimum atomic E-state index is -0.855. The summed E-state index contributed by atoms with van der Waals surface area (Å²) >= 11 is 0. The number of carbonyl (C=O) groups is 2. The van der Waals surface area contributed by atoms with Gasteiger partial charge in [0.2, 0.25) is 0 Å². The second-order valence-corrected chi connectivity index (χ2v) is 6.96. The maximum atomic E-state index is 13.2. The van der Waals surface area contributed by atoms with Crippen molar-refractivity contribution in [1.82, 2.24) is 9.80 Å². The Morgan fingerprint density at radius 2 is 1.65 bits per heavy atom. The first-order valence-corrected chi connectivity index (χ1v) is 9.13. The molecular weight excluding hydrogens is 339 g/mol. The summed E-state index contributed by atoms with van der Waals surface area (Å²) in [5.41, 5.74) is 0.853. The molecule has 1 atom stereocenters. The average Bonchev–Trinajstić information content (AvgIpc) is 2.67. The monoisotopic (exact) mass is 364 g/mol. The van der Waals surface area contributed by atoms with E-state index < -0.39 is 5.97 Å². The molecular formula is C19H25FN2O4. The SMILES string of the molecule is O=C(O)CC(c1ccc(F)cc1)C1CCN(C(=O)N2CCOCC2)CC1. The molecule has 3 rings (SSSR count). The van der Waals surface area contributed by atoms with E-state index >= 15 is 0 Å². The first kappa shape index (κ1) is 18.6. The van der Waals surface area contributed by atoms with Crippen molar-refractivity contribution in [2.24, 2.45) is 5.92 Å². The quantitative estimate of drug-likeness (QED) is 0.891. The molecule has 0 aromatic heterocycles. The largest absolute Gasteiger partial charge is 0.481 e. The van der Waals surface area contributed by atoms with Crippen LogP contribution in [0.5, 0.6) is 0 Å². The van der Waals surface area contributed by atoms with Gasteiger partial charge >= 0.3 is 12.0 Å². The third kappa shape index (κ3) is 4.52. The first-order chi connectivity index (χ1) is 12.5. The number of nitrogens with zero attached hydrogens (tertiary/aromatic N) is 2. The summed E-state index contributed by atoms with van der Waals surface area (Å²) in [6.45, 7) is 3.64. The second-order valence-electron chi connectivity index (χ2n) is 6.96. The van der Waals surface area contributed by atoms with Gasteiger partial charge < -0.3 is 19.6 Å². The van der Waals surface area contributed by atoms with Gasteiger partial charge in [-0.05, 0) is 42.4 Å². The fourth-order valence-corrected chi connectivity index (χ4v) is 3.90. The highest BCUT2D eigenvalue weighted by Crippen LogP contribution is 2.35. The second kappa shape index (κ2) is 8.49. The minimum absolute atomic E-state index is 0.0215. The van der Waals surface area contributed by atoms with Gasteiger partial charge in [0.15, 0.2) is 0 Å². The summed E-state index contributed by atoms with van der Waals surface area (Å²) in [5.74, 6) is -1.17. The van der Waals surface area contributed by atoms with Crippen LogP contribution < -0.4 is 0 Å². The molecule has 0 spiro atoms. The highest BCUT2D eigenvalue weighted by molar-refractivity contribution is 5.74. The molecule has 2 saturated heterocycles. The highest BCUT2D eigenvalue weighted by atomic mass is 19.1. The maximum Gasteiger partial charge on any atom is 0.320 e. The lowest BCUT2D eigenvalue weighted by molar-refractivity contribution is -0.137. The molecule has 1 unspecified atom stereocenters. The number of hydrogen-bond donors (Lipinski definition) is 1. The number of halogens is 1. The Balaban J connectivity index is 1.62. The Bertz CT molecular complexity index is 623. The van der Waals surface area contributed by atoms with E-state index in [0.29, 0.717) is 39.4 Å². The lowest BCUT2D eigenvalue weighted by atomic mass is 9.78. The molecule has 2 fully saturated rings. The molecule has 0 radical (unpaired) electrons. The van der Waals surface area contributed by atoms with Gasteiger partial charge in [0.1, 0.15) is 5.82 Å². The van der Waals surface area contributed by atoms with Crippen molar-refractivity contribution in [2.75, 3.05) is 39.4 Å². The number of benzene rings is 1. The zero-order chi connectivity index (χ0) is 18.5. The average molecular weight is 364 g/mol. The molecule has 142 valence electrons. The summed E-state index contributed by atoms with van der Waals surface area (Å²) in [5, 5.41) is 9.28. The molecule has 2 aliphatic heterocycles. The van der Waals surface area contributed by atoms with E-state index in [4.69, 9.17) is 4.74 Å². The van der Waals surface area contributed by atoms with Crippen molar-refractivity contribution in [3.63, 3.8) is 0 Å². The number of amides is 2. The van der Waals surface area contributed by atoms with Crippen molar-refractivity contribution >= 4 is 12.0 Å². The van der Waals surface area contributed by atoms with Crippen LogP contribution in [0.4, 0.5) is 9.18 Å². The number of ether oxygens (including phenoxy) is 1. The highest BCUT2D eigenvalue weighted by Gasteiger charge is 2.32. The summed E-state index contributed by atoms with van der Waals surface area (Å²) < 4.78 is 18.5. The van der Waals surface area contributed by atoms with Gasteiger partial charge in [0.25, 0.3) is 0 Å². The lowest BCUT2D eigenvalue weighted by Crippen LogP contribution is -2.50. The number of carbonyl (C=O) groups excluding carboxylic acids is 1. The van der Waals surface area contributed by atoms with Gasteiger partial charge in [-0.1, -0.05) is 12.1 Å². The van der Waals surface area contributed by atoms with Crippen LogP contribution in [-0.2, 0) is 9.53 Å². The van der Waals surface area contributed by atoms with Gasteiger partial charge in [-0.2, -0.15) is 0 Å². The van der Waals surface area contributed by atoms with Gasteiger partial charge in [-0.25, -0.2) is 9.18 Å². The number of likely N-dealkylation sites (tertiary alicyclic amines) is 1. The molecule has 26 heavy (non-hydrogen) atoms. The zero-order valence-electron chi connectivity index (χ0n) is 14.8. The third-order valence-electron chi connectivity index (χ3n) is 5.35. The Kier molecular flexibility index (Phi) is 6.08. The van der Waals surface area contributed by atoms with E-state index in [1.54, 1.807) is 12.1 Å². The van der Waals surface area contributed by atoms with Gasteiger partial charge in [0.05, 0.1) is 19.6 Å². The molecule has 1 aromatic rings. The van der Waals surface area contributed by atoms with Crippen molar-refractivity contribution in [3.05, 3.63) is 35.6 Å². The topological polar surface area (TPSA) is 70.1 Å². The Morgan fingerprint density at radius 3 is 2.23 bits per heavy atom. The molecule has 0 saturated carbocycles. The molecule has 0 aliphatic carbocycles. The number of urea groups is 1. The molecule has 0 bridgehead atoms. The van der Waals surface area contributed by atoms with E-state index in [1.165, 1.54) is 12.1 Å². The number of morpholine rings is 1. The molecule has 6 nitrogen and oxygen atoms in total. The maximum absolute atomic E-state index is 13.2. The third-order valence-corrected chi connectivity index (χ3v) is 5.35. The number of piperidine rings is 1. The normalized spacial score (nSPS) is 20.0. The summed E-state index contributed by atoms with van der Waals surface area (Å²) in [6.07, 6.45) is 1.53.